The average molecular weight is 448 g/mol. The van der Waals surface area contributed by atoms with Crippen LogP contribution in [0, 0.1) is 11.6 Å². The van der Waals surface area contributed by atoms with Crippen LogP contribution in [0.3, 0.4) is 0 Å². The molecule has 0 fully saturated rings. The molecule has 2 N–H and O–H groups in total. The van der Waals surface area contributed by atoms with E-state index in [0.717, 1.165) is 0 Å². The first-order chi connectivity index (χ1) is 15.9. The van der Waals surface area contributed by atoms with Crippen LogP contribution in [0.4, 0.5) is 14.5 Å². The highest BCUT2D eigenvalue weighted by molar-refractivity contribution is 5.61. The van der Waals surface area contributed by atoms with Gasteiger partial charge in [0.25, 0.3) is 5.56 Å². The van der Waals surface area contributed by atoms with Gasteiger partial charge in [-0.1, -0.05) is 0 Å². The SMILES string of the molecule is Cn1nc(C2c3nc(Cc4ncccc4F)nn3C(N)=CN2c2ccc(F)cc2)ccc1=O. The number of rotatable bonds is 4. The molecule has 0 saturated carbocycles. The molecule has 5 rings (SSSR count). The number of aryl methyl sites for hydroxylation is 1. The minimum absolute atomic E-state index is 0.0595. The summed E-state index contributed by atoms with van der Waals surface area (Å²) in [5.74, 6) is 0.146. The lowest BCUT2D eigenvalue weighted by Gasteiger charge is -2.33. The van der Waals surface area contributed by atoms with Gasteiger partial charge in [0, 0.05) is 31.2 Å². The molecule has 0 radical (unpaired) electrons. The van der Waals surface area contributed by atoms with Gasteiger partial charge in [-0.25, -0.2) is 18.4 Å². The molecule has 11 heteroatoms. The Kier molecular flexibility index (Phi) is 4.93. The highest BCUT2D eigenvalue weighted by Crippen LogP contribution is 2.35. The zero-order chi connectivity index (χ0) is 23.1. The minimum atomic E-state index is -0.635. The van der Waals surface area contributed by atoms with Crippen molar-refractivity contribution < 1.29 is 8.78 Å². The second kappa shape index (κ2) is 7.93. The van der Waals surface area contributed by atoms with Crippen LogP contribution < -0.4 is 16.2 Å². The maximum absolute atomic E-state index is 14.1. The van der Waals surface area contributed by atoms with Gasteiger partial charge in [-0.2, -0.15) is 9.78 Å². The van der Waals surface area contributed by atoms with Crippen molar-refractivity contribution in [1.29, 1.82) is 0 Å². The molecule has 1 unspecified atom stereocenters. The van der Waals surface area contributed by atoms with Gasteiger partial charge in [0.1, 0.15) is 23.5 Å². The third kappa shape index (κ3) is 3.73. The van der Waals surface area contributed by atoms with Gasteiger partial charge in [-0.05, 0) is 42.5 Å². The van der Waals surface area contributed by atoms with Gasteiger partial charge in [-0.15, -0.1) is 5.10 Å². The van der Waals surface area contributed by atoms with Crippen LogP contribution in [0.15, 0.2) is 65.7 Å². The number of hydrogen-bond acceptors (Lipinski definition) is 7. The van der Waals surface area contributed by atoms with E-state index in [-0.39, 0.29) is 29.3 Å². The summed E-state index contributed by atoms with van der Waals surface area (Å²) in [5.41, 5.74) is 7.33. The molecule has 0 amide bonds. The number of pyridine rings is 1. The standard InChI is InChI=1S/C22H18F2N8O/c1-30-20(33)9-8-16(28-30)21-22-27-19(11-17-15(24)3-2-10-26-17)29-32(22)18(25)12-31(21)14-6-4-13(23)5-7-14/h2-10,12,21H,11,25H2,1H3. The molecule has 4 heterocycles. The Balaban J connectivity index is 1.64. The lowest BCUT2D eigenvalue weighted by atomic mass is 10.1. The fourth-order valence-corrected chi connectivity index (χ4v) is 3.68. The van der Waals surface area contributed by atoms with E-state index < -0.39 is 11.9 Å². The molecule has 0 saturated heterocycles. The van der Waals surface area contributed by atoms with Crippen molar-refractivity contribution in [2.24, 2.45) is 12.8 Å². The highest BCUT2D eigenvalue weighted by Gasteiger charge is 2.34. The normalized spacial score (nSPS) is 15.3. The molecule has 0 bridgehead atoms. The third-order valence-corrected chi connectivity index (χ3v) is 5.26. The average Bonchev–Trinajstić information content (AvgIpc) is 3.22. The van der Waals surface area contributed by atoms with Crippen LogP contribution in [0.5, 0.6) is 0 Å². The number of nitrogens with zero attached hydrogens (tertiary/aromatic N) is 7. The number of anilines is 1. The number of hydrogen-bond donors (Lipinski definition) is 1. The summed E-state index contributed by atoms with van der Waals surface area (Å²) in [7, 11) is 1.54. The zero-order valence-corrected chi connectivity index (χ0v) is 17.4. The Morgan fingerprint density at radius 1 is 1.06 bits per heavy atom. The molecule has 3 aromatic heterocycles. The first-order valence-corrected chi connectivity index (χ1v) is 10.0. The van der Waals surface area contributed by atoms with Crippen LogP contribution in [-0.4, -0.2) is 29.5 Å². The summed E-state index contributed by atoms with van der Waals surface area (Å²) in [6.45, 7) is 0. The number of fused-ring (bicyclic) bond motifs is 1. The van der Waals surface area contributed by atoms with Crippen LogP contribution in [0.2, 0.25) is 0 Å². The maximum atomic E-state index is 14.1. The van der Waals surface area contributed by atoms with Gasteiger partial charge >= 0.3 is 0 Å². The van der Waals surface area contributed by atoms with Crippen molar-refractivity contribution in [3.63, 3.8) is 0 Å². The maximum Gasteiger partial charge on any atom is 0.266 e. The van der Waals surface area contributed by atoms with Crippen LogP contribution in [0.1, 0.15) is 29.1 Å². The van der Waals surface area contributed by atoms with E-state index in [0.29, 0.717) is 23.0 Å². The molecule has 1 aliphatic rings. The van der Waals surface area contributed by atoms with E-state index in [9.17, 15) is 13.6 Å². The van der Waals surface area contributed by atoms with Crippen molar-refractivity contribution >= 4 is 11.5 Å². The number of aromatic nitrogens is 6. The molecule has 166 valence electrons. The van der Waals surface area contributed by atoms with Gasteiger partial charge in [0.15, 0.2) is 11.6 Å². The molecule has 0 spiro atoms. The van der Waals surface area contributed by atoms with Crippen LogP contribution in [-0.2, 0) is 13.5 Å². The van der Waals surface area contributed by atoms with Crippen LogP contribution in [0.25, 0.3) is 5.82 Å². The summed E-state index contributed by atoms with van der Waals surface area (Å²) in [6, 6.07) is 11.1. The van der Waals surface area contributed by atoms with Crippen molar-refractivity contribution in [3.05, 3.63) is 106 Å². The van der Waals surface area contributed by atoms with E-state index in [2.05, 4.69) is 20.2 Å². The van der Waals surface area contributed by atoms with E-state index in [1.54, 1.807) is 36.3 Å². The molecule has 33 heavy (non-hydrogen) atoms. The number of nitrogens with two attached hydrogens (primary N) is 1. The topological polar surface area (TPSA) is 108 Å². The van der Waals surface area contributed by atoms with Crippen molar-refractivity contribution in [1.82, 2.24) is 29.5 Å². The number of halogens is 2. The molecule has 1 aliphatic heterocycles. The van der Waals surface area contributed by atoms with Gasteiger partial charge in [-0.3, -0.25) is 9.78 Å². The monoisotopic (exact) mass is 448 g/mol. The molecule has 4 aromatic rings. The zero-order valence-electron chi connectivity index (χ0n) is 17.4. The first-order valence-electron chi connectivity index (χ1n) is 10.0. The second-order valence-corrected chi connectivity index (χ2v) is 7.47. The van der Waals surface area contributed by atoms with Crippen molar-refractivity contribution in [2.45, 2.75) is 12.5 Å². The minimum Gasteiger partial charge on any atom is -0.382 e. The molecule has 1 aromatic carbocycles. The summed E-state index contributed by atoms with van der Waals surface area (Å²) >= 11 is 0. The smallest absolute Gasteiger partial charge is 0.266 e. The Labute approximate surface area is 186 Å². The van der Waals surface area contributed by atoms with E-state index in [1.165, 1.54) is 45.9 Å². The molecule has 0 aliphatic carbocycles. The lowest BCUT2D eigenvalue weighted by molar-refractivity contribution is 0.601. The highest BCUT2D eigenvalue weighted by atomic mass is 19.1. The fourth-order valence-electron chi connectivity index (χ4n) is 3.68. The van der Waals surface area contributed by atoms with E-state index >= 15 is 0 Å². The first kappa shape index (κ1) is 20.5. The Morgan fingerprint density at radius 2 is 1.85 bits per heavy atom. The van der Waals surface area contributed by atoms with E-state index in [1.807, 2.05) is 0 Å². The Bertz CT molecular complexity index is 1430. The quantitative estimate of drug-likeness (QED) is 0.509. The van der Waals surface area contributed by atoms with E-state index in [4.69, 9.17) is 5.73 Å². The Morgan fingerprint density at radius 3 is 2.58 bits per heavy atom. The van der Waals surface area contributed by atoms with Crippen LogP contribution >= 0.6 is 0 Å². The summed E-state index contributed by atoms with van der Waals surface area (Å²) < 4.78 is 30.4. The number of benzene rings is 1. The summed E-state index contributed by atoms with van der Waals surface area (Å²) in [5, 5.41) is 8.83. The van der Waals surface area contributed by atoms with Crippen molar-refractivity contribution in [3.8, 4) is 0 Å². The molecular weight excluding hydrogens is 430 g/mol. The third-order valence-electron chi connectivity index (χ3n) is 5.26. The van der Waals surface area contributed by atoms with Crippen molar-refractivity contribution in [2.75, 3.05) is 4.90 Å². The molecule has 9 nitrogen and oxygen atoms in total. The predicted octanol–water partition coefficient (Wildman–Crippen LogP) is 1.96. The van der Waals surface area contributed by atoms with Gasteiger partial charge in [0.2, 0.25) is 0 Å². The molecule has 1 atom stereocenters. The fraction of sp³-hybridized carbons (Fsp3) is 0.136. The van der Waals surface area contributed by atoms with Gasteiger partial charge in [0.05, 0.1) is 17.8 Å². The summed E-state index contributed by atoms with van der Waals surface area (Å²) in [6.07, 6.45) is 3.19. The molecular formula is C22H18F2N8O. The lowest BCUT2D eigenvalue weighted by Crippen LogP contribution is -2.35. The Hall–Kier alpha value is -4.41. The second-order valence-electron chi connectivity index (χ2n) is 7.47. The largest absolute Gasteiger partial charge is 0.382 e. The predicted molar refractivity (Wildman–Crippen MR) is 116 cm³/mol. The summed E-state index contributed by atoms with van der Waals surface area (Å²) in [4.78, 5) is 22.4. The van der Waals surface area contributed by atoms with Gasteiger partial charge < -0.3 is 10.6 Å².